The average Bonchev–Trinajstić information content (AvgIpc) is 2.52. The Balaban J connectivity index is 1.90. The van der Waals surface area contributed by atoms with E-state index < -0.39 is 0 Å². The van der Waals surface area contributed by atoms with Crippen molar-refractivity contribution in [3.05, 3.63) is 29.8 Å². The van der Waals surface area contributed by atoms with E-state index in [1.807, 2.05) is 19.2 Å². The molecule has 1 saturated heterocycles. The van der Waals surface area contributed by atoms with Gasteiger partial charge in [-0.15, -0.1) is 0 Å². The molecule has 1 aliphatic rings. The Morgan fingerprint density at radius 2 is 2.10 bits per heavy atom. The van der Waals surface area contributed by atoms with Crippen molar-refractivity contribution in [3.63, 3.8) is 0 Å². The third-order valence-electron chi connectivity index (χ3n) is 3.63. The Labute approximate surface area is 121 Å². The standard InChI is InChI=1S/C16H25NO3/c1-17-11-16(13-6-8-14(18-2)9-7-13)20-12-15-5-3-4-10-19-15/h6-9,15-17H,3-5,10-12H2,1-2H3. The number of nitrogens with one attached hydrogen (secondary N) is 1. The fourth-order valence-electron chi connectivity index (χ4n) is 2.44. The fourth-order valence-corrected chi connectivity index (χ4v) is 2.44. The molecular formula is C16H25NO3. The number of benzene rings is 1. The highest BCUT2D eigenvalue weighted by molar-refractivity contribution is 5.28. The zero-order chi connectivity index (χ0) is 14.2. The van der Waals surface area contributed by atoms with Crippen molar-refractivity contribution in [3.8, 4) is 5.75 Å². The number of methoxy groups -OCH3 is 1. The highest BCUT2D eigenvalue weighted by Crippen LogP contribution is 2.22. The number of likely N-dealkylation sites (N-methyl/N-ethyl adjacent to an activating group) is 1. The number of rotatable bonds is 7. The predicted octanol–water partition coefficient (Wildman–Crippen LogP) is 2.54. The summed E-state index contributed by atoms with van der Waals surface area (Å²) in [6.07, 6.45) is 3.83. The minimum atomic E-state index is 0.0523. The van der Waals surface area contributed by atoms with E-state index in [0.717, 1.165) is 30.9 Å². The van der Waals surface area contributed by atoms with E-state index in [2.05, 4.69) is 17.4 Å². The normalized spacial score (nSPS) is 20.6. The van der Waals surface area contributed by atoms with Crippen LogP contribution in [0.15, 0.2) is 24.3 Å². The van der Waals surface area contributed by atoms with E-state index in [0.29, 0.717) is 6.61 Å². The molecule has 1 fully saturated rings. The minimum Gasteiger partial charge on any atom is -0.497 e. The van der Waals surface area contributed by atoms with Crippen molar-refractivity contribution >= 4 is 0 Å². The van der Waals surface area contributed by atoms with E-state index in [1.165, 1.54) is 12.8 Å². The number of ether oxygens (including phenoxy) is 3. The largest absolute Gasteiger partial charge is 0.497 e. The Hall–Kier alpha value is -1.10. The Bertz CT molecular complexity index is 374. The second-order valence-corrected chi connectivity index (χ2v) is 5.14. The molecule has 4 nitrogen and oxygen atoms in total. The van der Waals surface area contributed by atoms with E-state index >= 15 is 0 Å². The lowest BCUT2D eigenvalue weighted by Crippen LogP contribution is -2.28. The van der Waals surface area contributed by atoms with Crippen LogP contribution in [0.2, 0.25) is 0 Å². The second kappa shape index (κ2) is 8.25. The smallest absolute Gasteiger partial charge is 0.118 e. The van der Waals surface area contributed by atoms with Crippen LogP contribution in [-0.2, 0) is 9.47 Å². The number of hydrogen-bond acceptors (Lipinski definition) is 4. The van der Waals surface area contributed by atoms with Crippen LogP contribution in [0.1, 0.15) is 30.9 Å². The highest BCUT2D eigenvalue weighted by atomic mass is 16.5. The summed E-state index contributed by atoms with van der Waals surface area (Å²) < 4.78 is 17.0. The molecule has 0 aromatic heterocycles. The maximum Gasteiger partial charge on any atom is 0.118 e. The first-order chi connectivity index (χ1) is 9.83. The SMILES string of the molecule is CNCC(OCC1CCCCO1)c1ccc(OC)cc1. The van der Waals surface area contributed by atoms with Gasteiger partial charge in [-0.3, -0.25) is 0 Å². The van der Waals surface area contributed by atoms with Gasteiger partial charge < -0.3 is 19.5 Å². The third-order valence-corrected chi connectivity index (χ3v) is 3.63. The molecule has 4 heteroatoms. The van der Waals surface area contributed by atoms with Crippen LogP contribution in [0.5, 0.6) is 5.75 Å². The van der Waals surface area contributed by atoms with E-state index in [4.69, 9.17) is 14.2 Å². The summed E-state index contributed by atoms with van der Waals surface area (Å²) in [5, 5.41) is 3.19. The van der Waals surface area contributed by atoms with Gasteiger partial charge in [-0.2, -0.15) is 0 Å². The van der Waals surface area contributed by atoms with Crippen molar-refractivity contribution in [1.29, 1.82) is 0 Å². The van der Waals surface area contributed by atoms with Crippen LogP contribution in [0, 0.1) is 0 Å². The summed E-state index contributed by atoms with van der Waals surface area (Å²) >= 11 is 0. The van der Waals surface area contributed by atoms with Gasteiger partial charge in [0.05, 0.1) is 25.9 Å². The molecule has 1 aliphatic heterocycles. The lowest BCUT2D eigenvalue weighted by atomic mass is 10.1. The maximum atomic E-state index is 6.05. The molecule has 0 bridgehead atoms. The van der Waals surface area contributed by atoms with Gasteiger partial charge in [0.1, 0.15) is 5.75 Å². The third kappa shape index (κ3) is 4.47. The second-order valence-electron chi connectivity index (χ2n) is 5.14. The fraction of sp³-hybridized carbons (Fsp3) is 0.625. The molecule has 0 spiro atoms. The zero-order valence-electron chi connectivity index (χ0n) is 12.4. The maximum absolute atomic E-state index is 6.05. The molecule has 2 atom stereocenters. The molecule has 0 aliphatic carbocycles. The van der Waals surface area contributed by atoms with Crippen molar-refractivity contribution in [2.75, 3.05) is 33.9 Å². The van der Waals surface area contributed by atoms with Crippen LogP contribution in [-0.4, -0.2) is 40.0 Å². The van der Waals surface area contributed by atoms with E-state index in [1.54, 1.807) is 7.11 Å². The molecule has 0 amide bonds. The van der Waals surface area contributed by atoms with Crippen molar-refractivity contribution in [2.24, 2.45) is 0 Å². The van der Waals surface area contributed by atoms with Gasteiger partial charge in [0.2, 0.25) is 0 Å². The summed E-state index contributed by atoms with van der Waals surface area (Å²) in [6, 6.07) is 8.06. The summed E-state index contributed by atoms with van der Waals surface area (Å²) in [5.74, 6) is 0.868. The quantitative estimate of drug-likeness (QED) is 0.832. The Morgan fingerprint density at radius 1 is 1.30 bits per heavy atom. The molecule has 2 rings (SSSR count). The van der Waals surface area contributed by atoms with Crippen molar-refractivity contribution in [2.45, 2.75) is 31.5 Å². The van der Waals surface area contributed by atoms with Gasteiger partial charge in [-0.05, 0) is 44.0 Å². The molecule has 1 aromatic carbocycles. The predicted molar refractivity (Wildman–Crippen MR) is 79.2 cm³/mol. The van der Waals surface area contributed by atoms with Gasteiger partial charge in [0, 0.05) is 13.2 Å². The van der Waals surface area contributed by atoms with Crippen LogP contribution in [0.25, 0.3) is 0 Å². The lowest BCUT2D eigenvalue weighted by Gasteiger charge is -2.25. The zero-order valence-corrected chi connectivity index (χ0v) is 12.4. The van der Waals surface area contributed by atoms with Crippen LogP contribution in [0.4, 0.5) is 0 Å². The monoisotopic (exact) mass is 279 g/mol. The lowest BCUT2D eigenvalue weighted by molar-refractivity contribution is -0.0630. The first kappa shape index (κ1) is 15.3. The summed E-state index contributed by atoms with van der Waals surface area (Å²) in [4.78, 5) is 0. The van der Waals surface area contributed by atoms with Gasteiger partial charge in [0.15, 0.2) is 0 Å². The van der Waals surface area contributed by atoms with Gasteiger partial charge in [0.25, 0.3) is 0 Å². The summed E-state index contributed by atoms with van der Waals surface area (Å²) in [7, 11) is 3.62. The molecule has 1 heterocycles. The Morgan fingerprint density at radius 3 is 2.70 bits per heavy atom. The molecule has 0 radical (unpaired) electrons. The van der Waals surface area contributed by atoms with Gasteiger partial charge in [-0.1, -0.05) is 12.1 Å². The summed E-state index contributed by atoms with van der Waals surface area (Å²) in [6.45, 7) is 2.32. The average molecular weight is 279 g/mol. The first-order valence-corrected chi connectivity index (χ1v) is 7.35. The van der Waals surface area contributed by atoms with Crippen LogP contribution >= 0.6 is 0 Å². The minimum absolute atomic E-state index is 0.0523. The summed E-state index contributed by atoms with van der Waals surface area (Å²) in [5.41, 5.74) is 1.16. The highest BCUT2D eigenvalue weighted by Gasteiger charge is 2.18. The Kier molecular flexibility index (Phi) is 6.30. The molecule has 112 valence electrons. The van der Waals surface area contributed by atoms with E-state index in [-0.39, 0.29) is 12.2 Å². The van der Waals surface area contributed by atoms with Gasteiger partial charge in [-0.25, -0.2) is 0 Å². The molecule has 0 saturated carbocycles. The van der Waals surface area contributed by atoms with Crippen molar-refractivity contribution < 1.29 is 14.2 Å². The molecule has 20 heavy (non-hydrogen) atoms. The molecule has 1 N–H and O–H groups in total. The van der Waals surface area contributed by atoms with Gasteiger partial charge >= 0.3 is 0 Å². The van der Waals surface area contributed by atoms with Crippen LogP contribution in [0.3, 0.4) is 0 Å². The molecule has 2 unspecified atom stereocenters. The first-order valence-electron chi connectivity index (χ1n) is 7.35. The van der Waals surface area contributed by atoms with E-state index in [9.17, 15) is 0 Å². The molecule has 1 aromatic rings. The van der Waals surface area contributed by atoms with Crippen molar-refractivity contribution in [1.82, 2.24) is 5.32 Å². The number of hydrogen-bond donors (Lipinski definition) is 1. The molecular weight excluding hydrogens is 254 g/mol. The topological polar surface area (TPSA) is 39.7 Å². The van der Waals surface area contributed by atoms with Crippen LogP contribution < -0.4 is 10.1 Å².